The van der Waals surface area contributed by atoms with Gasteiger partial charge in [0.25, 0.3) is 0 Å². The molecule has 0 saturated carbocycles. The second-order valence-corrected chi connectivity index (χ2v) is 7.85. The highest BCUT2D eigenvalue weighted by atomic mass is 19.2. The average Bonchev–Trinajstić information content (AvgIpc) is 2.47. The summed E-state index contributed by atoms with van der Waals surface area (Å²) in [5, 5.41) is 9.26. The molecule has 1 N–H and O–H groups in total. The molecule has 0 aliphatic heterocycles. The lowest BCUT2D eigenvalue weighted by Gasteiger charge is -2.25. The van der Waals surface area contributed by atoms with Crippen LogP contribution in [0.2, 0.25) is 0 Å². The zero-order valence-corrected chi connectivity index (χ0v) is 15.4. The molecule has 0 amide bonds. The molecule has 1 aromatic carbocycles. The summed E-state index contributed by atoms with van der Waals surface area (Å²) in [6, 6.07) is 1.66. The molecule has 25 heavy (non-hydrogen) atoms. The van der Waals surface area contributed by atoms with E-state index in [-0.39, 0.29) is 30.3 Å². The lowest BCUT2D eigenvalue weighted by Crippen LogP contribution is -2.31. The lowest BCUT2D eigenvalue weighted by atomic mass is 9.78. The van der Waals surface area contributed by atoms with Crippen molar-refractivity contribution in [1.82, 2.24) is 0 Å². The first-order chi connectivity index (χ1) is 11.3. The molecule has 140 valence electrons. The molecule has 0 radical (unpaired) electrons. The summed E-state index contributed by atoms with van der Waals surface area (Å²) >= 11 is 0. The number of Topliss-reactive ketones (excluding diaryl/α,β-unsaturated/α-hetero) is 2. The summed E-state index contributed by atoms with van der Waals surface area (Å²) < 4.78 is 31.8. The van der Waals surface area contributed by atoms with Crippen LogP contribution in [-0.4, -0.2) is 23.3 Å². The SMILES string of the molecule is CC(C)(C)C(=O)CC(=O)C(C)(C)CCCOc1cc(O)cc(F)c1F. The Balaban J connectivity index is 2.54. The lowest BCUT2D eigenvalue weighted by molar-refractivity contribution is -0.135. The third kappa shape index (κ3) is 6.11. The molecule has 0 aliphatic carbocycles. The van der Waals surface area contributed by atoms with Crippen LogP contribution >= 0.6 is 0 Å². The number of phenols is 1. The van der Waals surface area contributed by atoms with Crippen LogP contribution < -0.4 is 4.74 Å². The number of ketones is 2. The van der Waals surface area contributed by atoms with Crippen LogP contribution in [0.3, 0.4) is 0 Å². The fraction of sp³-hybridized carbons (Fsp3) is 0.579. The first-order valence-electron chi connectivity index (χ1n) is 8.22. The Morgan fingerprint density at radius 1 is 1.08 bits per heavy atom. The van der Waals surface area contributed by atoms with E-state index in [1.54, 1.807) is 34.6 Å². The third-order valence-corrected chi connectivity index (χ3v) is 4.10. The molecular weight excluding hydrogens is 330 g/mol. The number of rotatable bonds is 8. The van der Waals surface area contributed by atoms with Gasteiger partial charge in [0.1, 0.15) is 17.3 Å². The van der Waals surface area contributed by atoms with Crippen molar-refractivity contribution in [3.05, 3.63) is 23.8 Å². The zero-order valence-electron chi connectivity index (χ0n) is 15.4. The molecule has 0 aromatic heterocycles. The van der Waals surface area contributed by atoms with Crippen molar-refractivity contribution >= 4 is 11.6 Å². The van der Waals surface area contributed by atoms with Crippen molar-refractivity contribution in [2.24, 2.45) is 10.8 Å². The number of carbonyl (C=O) groups excluding carboxylic acids is 2. The average molecular weight is 356 g/mol. The Bertz CT molecular complexity index is 646. The van der Waals surface area contributed by atoms with Crippen LogP contribution in [0.25, 0.3) is 0 Å². The topological polar surface area (TPSA) is 63.6 Å². The van der Waals surface area contributed by atoms with E-state index in [4.69, 9.17) is 4.74 Å². The quantitative estimate of drug-likeness (QED) is 0.553. The first kappa shape index (κ1) is 21.1. The molecule has 0 heterocycles. The summed E-state index contributed by atoms with van der Waals surface area (Å²) in [5.41, 5.74) is -1.28. The van der Waals surface area contributed by atoms with Gasteiger partial charge >= 0.3 is 0 Å². The Morgan fingerprint density at radius 2 is 1.68 bits per heavy atom. The van der Waals surface area contributed by atoms with Gasteiger partial charge in [0.2, 0.25) is 5.82 Å². The van der Waals surface area contributed by atoms with Crippen LogP contribution in [-0.2, 0) is 9.59 Å². The second kappa shape index (κ2) is 7.93. The smallest absolute Gasteiger partial charge is 0.200 e. The maximum Gasteiger partial charge on any atom is 0.200 e. The van der Waals surface area contributed by atoms with E-state index in [9.17, 15) is 23.5 Å². The summed E-state index contributed by atoms with van der Waals surface area (Å²) in [4.78, 5) is 24.3. The Morgan fingerprint density at radius 3 is 2.24 bits per heavy atom. The number of benzene rings is 1. The van der Waals surface area contributed by atoms with Crippen LogP contribution in [0.15, 0.2) is 12.1 Å². The summed E-state index contributed by atoms with van der Waals surface area (Å²) in [7, 11) is 0. The number of ether oxygens (including phenoxy) is 1. The summed E-state index contributed by atoms with van der Waals surface area (Å²) in [6.07, 6.45) is 0.731. The molecule has 0 fully saturated rings. The Hall–Kier alpha value is -1.98. The van der Waals surface area contributed by atoms with Gasteiger partial charge in [-0.05, 0) is 12.8 Å². The highest BCUT2D eigenvalue weighted by Gasteiger charge is 2.32. The minimum absolute atomic E-state index is 0.0593. The monoisotopic (exact) mass is 356 g/mol. The van der Waals surface area contributed by atoms with Crippen LogP contribution in [0.1, 0.15) is 53.9 Å². The van der Waals surface area contributed by atoms with Gasteiger partial charge in [-0.1, -0.05) is 34.6 Å². The highest BCUT2D eigenvalue weighted by molar-refractivity contribution is 6.03. The van der Waals surface area contributed by atoms with Gasteiger partial charge in [-0.25, -0.2) is 4.39 Å². The van der Waals surface area contributed by atoms with E-state index in [1.807, 2.05) is 0 Å². The fourth-order valence-electron chi connectivity index (χ4n) is 2.14. The predicted molar refractivity (Wildman–Crippen MR) is 90.6 cm³/mol. The van der Waals surface area contributed by atoms with Gasteiger partial charge in [0.05, 0.1) is 13.0 Å². The van der Waals surface area contributed by atoms with Gasteiger partial charge in [-0.15, -0.1) is 0 Å². The molecular formula is C19H26F2O4. The van der Waals surface area contributed by atoms with E-state index in [1.165, 1.54) is 0 Å². The van der Waals surface area contributed by atoms with Crippen molar-refractivity contribution in [2.75, 3.05) is 6.61 Å². The van der Waals surface area contributed by atoms with Crippen molar-refractivity contribution in [1.29, 1.82) is 0 Å². The molecule has 1 rings (SSSR count). The van der Waals surface area contributed by atoms with Crippen LogP contribution in [0.4, 0.5) is 8.78 Å². The maximum absolute atomic E-state index is 13.5. The fourth-order valence-corrected chi connectivity index (χ4v) is 2.14. The van der Waals surface area contributed by atoms with Gasteiger partial charge in [0.15, 0.2) is 11.6 Å². The highest BCUT2D eigenvalue weighted by Crippen LogP contribution is 2.29. The largest absolute Gasteiger partial charge is 0.508 e. The van der Waals surface area contributed by atoms with E-state index in [2.05, 4.69) is 0 Å². The molecule has 0 bridgehead atoms. The zero-order chi connectivity index (χ0) is 19.4. The van der Waals surface area contributed by atoms with Crippen LogP contribution in [0, 0.1) is 22.5 Å². The van der Waals surface area contributed by atoms with Crippen molar-refractivity contribution in [2.45, 2.75) is 53.9 Å². The predicted octanol–water partition coefficient (Wildman–Crippen LogP) is 4.43. The third-order valence-electron chi connectivity index (χ3n) is 4.10. The Labute approximate surface area is 147 Å². The van der Waals surface area contributed by atoms with E-state index < -0.39 is 28.2 Å². The minimum Gasteiger partial charge on any atom is -0.508 e. The second-order valence-electron chi connectivity index (χ2n) is 7.85. The molecule has 6 heteroatoms. The number of carbonyl (C=O) groups is 2. The molecule has 0 saturated heterocycles. The number of phenolic OH excluding ortho intramolecular Hbond substituents is 1. The molecule has 0 atom stereocenters. The maximum atomic E-state index is 13.5. The van der Waals surface area contributed by atoms with Crippen molar-refractivity contribution in [3.8, 4) is 11.5 Å². The van der Waals surface area contributed by atoms with E-state index in [0.29, 0.717) is 18.9 Å². The normalized spacial score (nSPS) is 12.1. The molecule has 0 aliphatic rings. The molecule has 0 spiro atoms. The number of hydrogen-bond donors (Lipinski definition) is 1. The van der Waals surface area contributed by atoms with Crippen molar-refractivity contribution < 1.29 is 28.2 Å². The van der Waals surface area contributed by atoms with Crippen LogP contribution in [0.5, 0.6) is 11.5 Å². The van der Waals surface area contributed by atoms with Crippen molar-refractivity contribution in [3.63, 3.8) is 0 Å². The minimum atomic E-state index is -1.19. The first-order valence-corrected chi connectivity index (χ1v) is 8.22. The number of hydrogen-bond acceptors (Lipinski definition) is 4. The number of aromatic hydroxyl groups is 1. The van der Waals surface area contributed by atoms with E-state index in [0.717, 1.165) is 6.07 Å². The van der Waals surface area contributed by atoms with Gasteiger partial charge in [0, 0.05) is 23.0 Å². The Kier molecular flexibility index (Phi) is 6.68. The standard InChI is InChI=1S/C19H26F2O4/c1-18(2,3)15(23)11-16(24)19(4,5)7-6-8-25-14-10-12(22)9-13(20)17(14)21/h9-10,22H,6-8,11H2,1-5H3. The van der Waals surface area contributed by atoms with Gasteiger partial charge in [-0.3, -0.25) is 9.59 Å². The summed E-state index contributed by atoms with van der Waals surface area (Å²) in [6.45, 7) is 8.87. The van der Waals surface area contributed by atoms with Gasteiger partial charge < -0.3 is 9.84 Å². The molecule has 0 unspecified atom stereocenters. The molecule has 1 aromatic rings. The number of halogens is 2. The molecule has 4 nitrogen and oxygen atoms in total. The summed E-state index contributed by atoms with van der Waals surface area (Å²) in [5.74, 6) is -3.41. The van der Waals surface area contributed by atoms with Gasteiger partial charge in [-0.2, -0.15) is 4.39 Å². The van der Waals surface area contributed by atoms with E-state index >= 15 is 0 Å².